The Bertz CT molecular complexity index is 442. The topological polar surface area (TPSA) is 80.9 Å². The van der Waals surface area contributed by atoms with Gasteiger partial charge in [-0.05, 0) is 0 Å². The fourth-order valence-electron chi connectivity index (χ4n) is 1.74. The standard InChI is InChI=1S/C13H19O4P/c1-2-3-4-7-10-18(15,16,17)11-12-8-5-6-9-13(12)14/h1,5-6,8-9,14-17H,3-4,7,10-11H2. The van der Waals surface area contributed by atoms with E-state index in [-0.39, 0.29) is 18.1 Å². The first-order valence-corrected chi connectivity index (χ1v) is 8.24. The summed E-state index contributed by atoms with van der Waals surface area (Å²) < 4.78 is 0. The molecule has 18 heavy (non-hydrogen) atoms. The van der Waals surface area contributed by atoms with Gasteiger partial charge in [-0.1, -0.05) is 0 Å². The van der Waals surface area contributed by atoms with Crippen LogP contribution in [0.4, 0.5) is 0 Å². The van der Waals surface area contributed by atoms with E-state index in [4.69, 9.17) is 6.42 Å². The number of para-hydroxylation sites is 1. The molecule has 0 heterocycles. The third kappa shape index (κ3) is 5.03. The second-order valence-electron chi connectivity index (χ2n) is 4.51. The van der Waals surface area contributed by atoms with Crippen molar-refractivity contribution in [1.29, 1.82) is 0 Å². The Balaban J connectivity index is 2.67. The summed E-state index contributed by atoms with van der Waals surface area (Å²) in [7, 11) is -4.73. The van der Waals surface area contributed by atoms with Gasteiger partial charge in [-0.2, -0.15) is 0 Å². The predicted octanol–water partition coefficient (Wildman–Crippen LogP) is 1.97. The number of phenols is 1. The number of hydrogen-bond donors (Lipinski definition) is 4. The van der Waals surface area contributed by atoms with Crippen molar-refractivity contribution < 1.29 is 19.8 Å². The second-order valence-corrected chi connectivity index (χ2v) is 7.96. The van der Waals surface area contributed by atoms with E-state index in [2.05, 4.69) is 5.92 Å². The summed E-state index contributed by atoms with van der Waals surface area (Å²) in [5, 5.41) is 9.56. The Morgan fingerprint density at radius 2 is 1.78 bits per heavy atom. The van der Waals surface area contributed by atoms with Crippen molar-refractivity contribution in [2.75, 3.05) is 6.16 Å². The van der Waals surface area contributed by atoms with Crippen LogP contribution in [0.15, 0.2) is 24.3 Å². The zero-order valence-electron chi connectivity index (χ0n) is 10.2. The summed E-state index contributed by atoms with van der Waals surface area (Å²) in [5.74, 6) is 2.41. The van der Waals surface area contributed by atoms with Crippen LogP contribution in [0.3, 0.4) is 0 Å². The van der Waals surface area contributed by atoms with Gasteiger partial charge in [0.15, 0.2) is 0 Å². The Kier molecular flexibility index (Phi) is 4.72. The quantitative estimate of drug-likeness (QED) is 0.362. The summed E-state index contributed by atoms with van der Waals surface area (Å²) in [6.45, 7) is 0. The third-order valence-corrected chi connectivity index (χ3v) is 4.89. The Hall–Kier alpha value is -1.11. The Morgan fingerprint density at radius 1 is 1.11 bits per heavy atom. The number of aromatic hydroxyl groups is 1. The van der Waals surface area contributed by atoms with E-state index < -0.39 is 7.28 Å². The monoisotopic (exact) mass is 270 g/mol. The molecular formula is C13H19O4P. The molecule has 1 aromatic rings. The first-order valence-electron chi connectivity index (χ1n) is 5.78. The molecule has 1 aromatic carbocycles. The normalized spacial score (nSPS) is 13.6. The van der Waals surface area contributed by atoms with Crippen molar-refractivity contribution in [1.82, 2.24) is 0 Å². The van der Waals surface area contributed by atoms with Crippen LogP contribution in [0.1, 0.15) is 24.8 Å². The molecule has 0 aromatic heterocycles. The van der Waals surface area contributed by atoms with Crippen molar-refractivity contribution in [2.24, 2.45) is 0 Å². The van der Waals surface area contributed by atoms with Gasteiger partial charge in [-0.15, -0.1) is 0 Å². The Labute approximate surface area is 107 Å². The number of benzene rings is 1. The predicted molar refractivity (Wildman–Crippen MR) is 72.9 cm³/mol. The van der Waals surface area contributed by atoms with Crippen LogP contribution in [-0.4, -0.2) is 25.9 Å². The molecule has 0 amide bonds. The molecule has 0 saturated heterocycles. The van der Waals surface area contributed by atoms with Crippen molar-refractivity contribution >= 4 is 7.28 Å². The van der Waals surface area contributed by atoms with Gasteiger partial charge in [0, 0.05) is 0 Å². The molecule has 5 heteroatoms. The third-order valence-electron chi connectivity index (χ3n) is 2.67. The first-order chi connectivity index (χ1) is 8.32. The molecule has 0 atom stereocenters. The second kappa shape index (κ2) is 5.69. The molecule has 0 spiro atoms. The van der Waals surface area contributed by atoms with Gasteiger partial charge >= 0.3 is 107 Å². The number of unbranched alkanes of at least 4 members (excludes halogenated alkanes) is 2. The van der Waals surface area contributed by atoms with E-state index in [1.807, 2.05) is 0 Å². The number of terminal acetylenes is 1. The molecule has 0 aliphatic rings. The molecular weight excluding hydrogens is 251 g/mol. The summed E-state index contributed by atoms with van der Waals surface area (Å²) in [5.41, 5.74) is 0.333. The molecule has 0 saturated carbocycles. The van der Waals surface area contributed by atoms with Crippen molar-refractivity contribution in [3.63, 3.8) is 0 Å². The van der Waals surface area contributed by atoms with Gasteiger partial charge in [0.25, 0.3) is 0 Å². The summed E-state index contributed by atoms with van der Waals surface area (Å²) >= 11 is 0. The van der Waals surface area contributed by atoms with Crippen LogP contribution in [0, 0.1) is 12.3 Å². The first kappa shape index (κ1) is 14.9. The summed E-state index contributed by atoms with van der Waals surface area (Å²) in [6.07, 6.45) is 6.30. The van der Waals surface area contributed by atoms with Crippen LogP contribution >= 0.6 is 7.28 Å². The van der Waals surface area contributed by atoms with E-state index in [1.54, 1.807) is 18.2 Å². The van der Waals surface area contributed by atoms with Gasteiger partial charge in [0.2, 0.25) is 0 Å². The van der Waals surface area contributed by atoms with E-state index in [0.29, 0.717) is 24.8 Å². The number of rotatable bonds is 6. The average molecular weight is 270 g/mol. The van der Waals surface area contributed by atoms with Crippen LogP contribution in [-0.2, 0) is 6.16 Å². The summed E-state index contributed by atoms with van der Waals surface area (Å²) in [4.78, 5) is 29.8. The number of hydrogen-bond acceptors (Lipinski definition) is 4. The van der Waals surface area contributed by atoms with Gasteiger partial charge < -0.3 is 0 Å². The minimum absolute atomic E-state index is 0.0488. The molecule has 4 N–H and O–H groups in total. The van der Waals surface area contributed by atoms with Crippen LogP contribution < -0.4 is 0 Å². The van der Waals surface area contributed by atoms with E-state index in [0.717, 1.165) is 0 Å². The van der Waals surface area contributed by atoms with Crippen molar-refractivity contribution in [3.05, 3.63) is 29.8 Å². The van der Waals surface area contributed by atoms with Crippen molar-refractivity contribution in [3.8, 4) is 18.1 Å². The minimum atomic E-state index is -4.73. The molecule has 0 unspecified atom stereocenters. The van der Waals surface area contributed by atoms with Crippen LogP contribution in [0.25, 0.3) is 0 Å². The Morgan fingerprint density at radius 3 is 2.39 bits per heavy atom. The molecule has 0 radical (unpaired) electrons. The van der Waals surface area contributed by atoms with Gasteiger partial charge in [-0.3, -0.25) is 0 Å². The molecule has 1 rings (SSSR count). The fraction of sp³-hybridized carbons (Fsp3) is 0.385. The van der Waals surface area contributed by atoms with E-state index >= 15 is 0 Å². The maximum atomic E-state index is 9.94. The van der Waals surface area contributed by atoms with Gasteiger partial charge in [-0.25, -0.2) is 0 Å². The van der Waals surface area contributed by atoms with Gasteiger partial charge in [0.05, 0.1) is 0 Å². The average Bonchev–Trinajstić information content (AvgIpc) is 2.27. The molecule has 0 aliphatic heterocycles. The molecule has 100 valence electrons. The maximum absolute atomic E-state index is 9.94. The van der Waals surface area contributed by atoms with Crippen LogP contribution in [0.2, 0.25) is 0 Å². The van der Waals surface area contributed by atoms with Gasteiger partial charge in [0.1, 0.15) is 0 Å². The SMILES string of the molecule is C#CCCCCP(O)(O)(O)Cc1ccccc1O. The zero-order chi connectivity index (χ0) is 13.7. The van der Waals surface area contributed by atoms with Crippen LogP contribution in [0.5, 0.6) is 5.75 Å². The summed E-state index contributed by atoms with van der Waals surface area (Å²) in [6, 6.07) is 6.30. The fourth-order valence-corrected chi connectivity index (χ4v) is 3.73. The molecule has 0 fully saturated rings. The molecule has 0 bridgehead atoms. The van der Waals surface area contributed by atoms with E-state index in [1.165, 1.54) is 6.07 Å². The van der Waals surface area contributed by atoms with E-state index in [9.17, 15) is 19.8 Å². The molecule has 0 aliphatic carbocycles. The molecule has 4 nitrogen and oxygen atoms in total. The van der Waals surface area contributed by atoms with Crippen molar-refractivity contribution in [2.45, 2.75) is 25.4 Å². The number of phenolic OH excluding ortho intramolecular Hbond substituents is 1. The zero-order valence-corrected chi connectivity index (χ0v) is 11.1.